The molecular weight excluding hydrogens is 240 g/mol. The Morgan fingerprint density at radius 1 is 1.37 bits per heavy atom. The van der Waals surface area contributed by atoms with Crippen molar-refractivity contribution < 1.29 is 9.53 Å². The number of ether oxygens (including phenoxy) is 1. The third kappa shape index (κ3) is 3.47. The Labute approximate surface area is 114 Å². The summed E-state index contributed by atoms with van der Waals surface area (Å²) in [5.41, 5.74) is 1.02. The smallest absolute Gasteiger partial charge is 0.229 e. The first-order valence-corrected chi connectivity index (χ1v) is 6.86. The molecule has 1 N–H and O–H groups in total. The summed E-state index contributed by atoms with van der Waals surface area (Å²) in [7, 11) is 1.64. The molecule has 104 valence electrons. The first kappa shape index (κ1) is 13.9. The van der Waals surface area contributed by atoms with E-state index in [1.807, 2.05) is 36.1 Å². The van der Waals surface area contributed by atoms with Crippen molar-refractivity contribution in [2.45, 2.75) is 19.3 Å². The minimum absolute atomic E-state index is 0.117. The van der Waals surface area contributed by atoms with Gasteiger partial charge in [-0.2, -0.15) is 0 Å². The molecule has 1 aromatic rings. The molecule has 1 saturated heterocycles. The van der Waals surface area contributed by atoms with E-state index in [4.69, 9.17) is 4.74 Å². The summed E-state index contributed by atoms with van der Waals surface area (Å²) in [4.78, 5) is 14.5. The Morgan fingerprint density at radius 2 is 2.21 bits per heavy atom. The van der Waals surface area contributed by atoms with E-state index in [1.165, 1.54) is 0 Å². The number of carbonyl (C=O) groups is 1. The van der Waals surface area contributed by atoms with Crippen LogP contribution in [0.3, 0.4) is 0 Å². The maximum Gasteiger partial charge on any atom is 0.229 e. The number of rotatable bonds is 3. The lowest BCUT2D eigenvalue weighted by atomic mass is 9.99. The molecule has 0 bridgehead atoms. The van der Waals surface area contributed by atoms with E-state index < -0.39 is 0 Å². The van der Waals surface area contributed by atoms with Crippen molar-refractivity contribution in [2.75, 3.05) is 33.3 Å². The number of hydrogen-bond acceptors (Lipinski definition) is 3. The van der Waals surface area contributed by atoms with Crippen LogP contribution in [0.25, 0.3) is 0 Å². The number of nitrogens with zero attached hydrogens (tertiary/aromatic N) is 1. The average Bonchev–Trinajstić information content (AvgIpc) is 2.75. The Hall–Kier alpha value is -1.55. The summed E-state index contributed by atoms with van der Waals surface area (Å²) < 4.78 is 5.22. The van der Waals surface area contributed by atoms with Crippen LogP contribution in [0.5, 0.6) is 5.75 Å². The number of carbonyl (C=O) groups excluding carboxylic acids is 1. The molecule has 2 rings (SSSR count). The Bertz CT molecular complexity index is 426. The minimum Gasteiger partial charge on any atom is -0.497 e. The van der Waals surface area contributed by atoms with Crippen LogP contribution in [-0.2, 0) is 4.79 Å². The van der Waals surface area contributed by atoms with E-state index >= 15 is 0 Å². The van der Waals surface area contributed by atoms with Crippen LogP contribution in [0.15, 0.2) is 24.3 Å². The summed E-state index contributed by atoms with van der Waals surface area (Å²) in [6.07, 6.45) is 1.02. The van der Waals surface area contributed by atoms with Gasteiger partial charge in [-0.1, -0.05) is 12.1 Å². The van der Waals surface area contributed by atoms with Crippen molar-refractivity contribution in [2.24, 2.45) is 0 Å². The van der Waals surface area contributed by atoms with Gasteiger partial charge in [-0.25, -0.2) is 0 Å². The lowest BCUT2D eigenvalue weighted by Gasteiger charge is -2.24. The SMILES string of the molecule is COc1cccc(C(C)C(=O)N2CCCNCC2)c1. The molecule has 1 aliphatic heterocycles. The van der Waals surface area contributed by atoms with Crippen LogP contribution in [0.4, 0.5) is 0 Å². The predicted octanol–water partition coefficient (Wildman–Crippen LogP) is 1.62. The van der Waals surface area contributed by atoms with E-state index in [-0.39, 0.29) is 11.8 Å². The normalized spacial score (nSPS) is 17.7. The highest BCUT2D eigenvalue weighted by atomic mass is 16.5. The highest BCUT2D eigenvalue weighted by Gasteiger charge is 2.22. The highest BCUT2D eigenvalue weighted by Crippen LogP contribution is 2.22. The maximum absolute atomic E-state index is 12.5. The van der Waals surface area contributed by atoms with E-state index in [0.29, 0.717) is 0 Å². The van der Waals surface area contributed by atoms with Gasteiger partial charge < -0.3 is 15.0 Å². The number of benzene rings is 1. The van der Waals surface area contributed by atoms with Gasteiger partial charge in [0.2, 0.25) is 5.91 Å². The summed E-state index contributed by atoms with van der Waals surface area (Å²) >= 11 is 0. The molecule has 0 saturated carbocycles. The van der Waals surface area contributed by atoms with Crippen molar-refractivity contribution in [3.63, 3.8) is 0 Å². The summed E-state index contributed by atoms with van der Waals surface area (Å²) in [5, 5.41) is 3.32. The largest absolute Gasteiger partial charge is 0.497 e. The number of nitrogens with one attached hydrogen (secondary N) is 1. The third-order valence-corrected chi connectivity index (χ3v) is 3.62. The second-order valence-electron chi connectivity index (χ2n) is 4.93. The van der Waals surface area contributed by atoms with Gasteiger partial charge in [0.05, 0.1) is 13.0 Å². The summed E-state index contributed by atoms with van der Waals surface area (Å²) in [6.45, 7) is 5.50. The fourth-order valence-electron chi connectivity index (χ4n) is 2.39. The number of hydrogen-bond donors (Lipinski definition) is 1. The van der Waals surface area contributed by atoms with E-state index in [1.54, 1.807) is 7.11 Å². The Balaban J connectivity index is 2.08. The molecule has 1 aliphatic rings. The van der Waals surface area contributed by atoms with Crippen LogP contribution < -0.4 is 10.1 Å². The first-order chi connectivity index (χ1) is 9.22. The molecule has 0 aromatic heterocycles. The molecule has 1 atom stereocenters. The van der Waals surface area contributed by atoms with Crippen molar-refractivity contribution in [3.8, 4) is 5.75 Å². The van der Waals surface area contributed by atoms with Crippen molar-refractivity contribution in [3.05, 3.63) is 29.8 Å². The molecule has 1 heterocycles. The molecule has 1 fully saturated rings. The molecular formula is C15H22N2O2. The molecule has 1 amide bonds. The lowest BCUT2D eigenvalue weighted by Crippen LogP contribution is -2.36. The third-order valence-electron chi connectivity index (χ3n) is 3.62. The lowest BCUT2D eigenvalue weighted by molar-refractivity contribution is -0.132. The van der Waals surface area contributed by atoms with E-state index in [2.05, 4.69) is 5.32 Å². The van der Waals surface area contributed by atoms with Gasteiger partial charge in [0.15, 0.2) is 0 Å². The van der Waals surface area contributed by atoms with Crippen molar-refractivity contribution >= 4 is 5.91 Å². The second-order valence-corrected chi connectivity index (χ2v) is 4.93. The van der Waals surface area contributed by atoms with Gasteiger partial charge in [-0.3, -0.25) is 4.79 Å². The Kier molecular flexibility index (Phi) is 4.80. The molecule has 4 heteroatoms. The quantitative estimate of drug-likeness (QED) is 0.900. The Morgan fingerprint density at radius 3 is 3.00 bits per heavy atom. The second kappa shape index (κ2) is 6.57. The van der Waals surface area contributed by atoms with Crippen LogP contribution in [0, 0.1) is 0 Å². The molecule has 0 aliphatic carbocycles. The molecule has 19 heavy (non-hydrogen) atoms. The van der Waals surface area contributed by atoms with Crippen molar-refractivity contribution in [1.29, 1.82) is 0 Å². The zero-order valence-electron chi connectivity index (χ0n) is 11.7. The number of methoxy groups -OCH3 is 1. The first-order valence-electron chi connectivity index (χ1n) is 6.86. The van der Waals surface area contributed by atoms with Gasteiger partial charge in [-0.05, 0) is 37.6 Å². The van der Waals surface area contributed by atoms with Crippen molar-refractivity contribution in [1.82, 2.24) is 10.2 Å². The monoisotopic (exact) mass is 262 g/mol. The van der Waals surface area contributed by atoms with Crippen LogP contribution >= 0.6 is 0 Å². The topological polar surface area (TPSA) is 41.6 Å². The average molecular weight is 262 g/mol. The zero-order chi connectivity index (χ0) is 13.7. The number of amides is 1. The predicted molar refractivity (Wildman–Crippen MR) is 75.5 cm³/mol. The minimum atomic E-state index is -0.117. The van der Waals surface area contributed by atoms with E-state index in [0.717, 1.165) is 43.9 Å². The standard InChI is InChI=1S/C15H22N2O2/c1-12(13-5-3-6-14(11-13)19-2)15(18)17-9-4-7-16-8-10-17/h3,5-6,11-12,16H,4,7-10H2,1-2H3. The van der Waals surface area contributed by atoms with E-state index in [9.17, 15) is 4.79 Å². The molecule has 1 unspecified atom stereocenters. The zero-order valence-corrected chi connectivity index (χ0v) is 11.7. The van der Waals surface area contributed by atoms with Gasteiger partial charge in [0.25, 0.3) is 0 Å². The van der Waals surface area contributed by atoms with Gasteiger partial charge in [0.1, 0.15) is 5.75 Å². The van der Waals surface area contributed by atoms with Gasteiger partial charge >= 0.3 is 0 Å². The molecule has 0 radical (unpaired) electrons. The van der Waals surface area contributed by atoms with Gasteiger partial charge in [0, 0.05) is 19.6 Å². The fourth-order valence-corrected chi connectivity index (χ4v) is 2.39. The van der Waals surface area contributed by atoms with Crippen LogP contribution in [0.1, 0.15) is 24.8 Å². The fraction of sp³-hybridized carbons (Fsp3) is 0.533. The highest BCUT2D eigenvalue weighted by molar-refractivity contribution is 5.83. The van der Waals surface area contributed by atoms with Crippen LogP contribution in [-0.4, -0.2) is 44.1 Å². The molecule has 4 nitrogen and oxygen atoms in total. The summed E-state index contributed by atoms with van der Waals surface area (Å²) in [5.74, 6) is 0.889. The van der Waals surface area contributed by atoms with Crippen LogP contribution in [0.2, 0.25) is 0 Å². The maximum atomic E-state index is 12.5. The summed E-state index contributed by atoms with van der Waals surface area (Å²) in [6, 6.07) is 7.76. The van der Waals surface area contributed by atoms with Gasteiger partial charge in [-0.15, -0.1) is 0 Å². The molecule has 0 spiro atoms. The molecule has 1 aromatic carbocycles.